The molecular weight excluding hydrogens is 528 g/mol. The summed E-state index contributed by atoms with van der Waals surface area (Å²) in [6.07, 6.45) is 6.23. The summed E-state index contributed by atoms with van der Waals surface area (Å²) in [5.41, 5.74) is 3.22. The van der Waals surface area contributed by atoms with Crippen LogP contribution in [0.1, 0.15) is 48.4 Å². The second-order valence-electron chi connectivity index (χ2n) is 11.7. The maximum atomic E-state index is 12.5. The molecule has 0 bridgehead atoms. The molecule has 2 fully saturated rings. The van der Waals surface area contributed by atoms with Gasteiger partial charge in [-0.25, -0.2) is 0 Å². The van der Waals surface area contributed by atoms with Crippen molar-refractivity contribution >= 4 is 22.5 Å². The number of benzene rings is 2. The Balaban J connectivity index is 1.34. The number of aromatic hydroxyl groups is 1. The number of piperazine rings is 1. The molecule has 3 aliphatic rings. The third kappa shape index (κ3) is 5.51. The Morgan fingerprint density at radius 1 is 1.19 bits per heavy atom. The van der Waals surface area contributed by atoms with E-state index in [1.54, 1.807) is 4.90 Å². The number of nitrogens with zero attached hydrogens (tertiary/aromatic N) is 6. The van der Waals surface area contributed by atoms with Crippen molar-refractivity contribution in [3.63, 3.8) is 0 Å². The monoisotopic (exact) mass is 566 g/mol. The van der Waals surface area contributed by atoms with Gasteiger partial charge in [0, 0.05) is 31.2 Å². The zero-order valence-corrected chi connectivity index (χ0v) is 24.2. The molecule has 0 spiro atoms. The number of phenolic OH excluding ortho intramolecular Hbond substituents is 1. The molecular formula is C33H38N6O3. The largest absolute Gasteiger partial charge is 0.508 e. The lowest BCUT2D eigenvalue weighted by atomic mass is 9.80. The maximum Gasteiger partial charge on any atom is 0.318 e. The zero-order valence-electron chi connectivity index (χ0n) is 24.2. The smallest absolute Gasteiger partial charge is 0.318 e. The van der Waals surface area contributed by atoms with Crippen LogP contribution in [0.25, 0.3) is 10.8 Å². The van der Waals surface area contributed by atoms with Crippen molar-refractivity contribution in [1.82, 2.24) is 19.8 Å². The third-order valence-electron chi connectivity index (χ3n) is 9.19. The number of anilines is 1. The number of aromatic nitrogens is 2. The van der Waals surface area contributed by atoms with Crippen molar-refractivity contribution in [2.45, 2.75) is 56.5 Å². The molecule has 6 rings (SSSR count). The molecule has 3 atom stereocenters. The first-order chi connectivity index (χ1) is 20.4. The first-order valence-electron chi connectivity index (χ1n) is 14.9. The van der Waals surface area contributed by atoms with Crippen LogP contribution in [0.3, 0.4) is 0 Å². The van der Waals surface area contributed by atoms with E-state index in [-0.39, 0.29) is 30.0 Å². The molecule has 1 amide bonds. The van der Waals surface area contributed by atoms with Gasteiger partial charge < -0.3 is 24.5 Å². The summed E-state index contributed by atoms with van der Waals surface area (Å²) in [7, 11) is 2.13. The van der Waals surface area contributed by atoms with E-state index in [9.17, 15) is 15.2 Å². The normalized spacial score (nSPS) is 22.5. The fourth-order valence-electron chi connectivity index (χ4n) is 6.92. The highest BCUT2D eigenvalue weighted by Gasteiger charge is 2.34. The summed E-state index contributed by atoms with van der Waals surface area (Å²) in [6.45, 7) is 6.87. The van der Waals surface area contributed by atoms with Gasteiger partial charge in [0.15, 0.2) is 0 Å². The van der Waals surface area contributed by atoms with Gasteiger partial charge in [0.2, 0.25) is 5.91 Å². The number of nitriles is 1. The standard InChI is InChI=1S/C33H38N6O3/c1-3-31(41)39-16-15-38(20-24(39)12-13-34)32-28-11-10-23(29-19-26(40)17-22-7-4-5-9-27(22)29)18-30(28)35-33(36-32)42-21-25-8-6-14-37(25)2/h3-5,7,9,17,19,23-25,40H,1,6,8,10-12,14-16,18,20-21H2,2H3/t23-,24-,25+/m1/s1. The van der Waals surface area contributed by atoms with Crippen LogP contribution in [0.5, 0.6) is 11.8 Å². The average molecular weight is 567 g/mol. The lowest BCUT2D eigenvalue weighted by Crippen LogP contribution is -2.55. The van der Waals surface area contributed by atoms with Crippen LogP contribution in [-0.4, -0.2) is 82.7 Å². The lowest BCUT2D eigenvalue weighted by Gasteiger charge is -2.42. The predicted octanol–water partition coefficient (Wildman–Crippen LogP) is 4.20. The Hall–Kier alpha value is -4.16. The van der Waals surface area contributed by atoms with Crippen LogP contribution in [0.15, 0.2) is 49.1 Å². The van der Waals surface area contributed by atoms with E-state index in [2.05, 4.69) is 35.6 Å². The van der Waals surface area contributed by atoms with Gasteiger partial charge in [-0.1, -0.05) is 30.8 Å². The number of carbonyl (C=O) groups excluding carboxylic acids is 1. The summed E-state index contributed by atoms with van der Waals surface area (Å²) in [4.78, 5) is 28.7. The van der Waals surface area contributed by atoms with Crippen LogP contribution in [0, 0.1) is 11.3 Å². The van der Waals surface area contributed by atoms with Gasteiger partial charge in [-0.05, 0) is 86.2 Å². The first-order valence-corrected chi connectivity index (χ1v) is 14.9. The fourth-order valence-corrected chi connectivity index (χ4v) is 6.92. The molecule has 1 N–H and O–H groups in total. The summed E-state index contributed by atoms with van der Waals surface area (Å²) in [6, 6.07) is 14.6. The Labute approximate surface area is 247 Å². The Bertz CT molecular complexity index is 1530. The molecule has 0 saturated carbocycles. The second kappa shape index (κ2) is 12.0. The molecule has 2 aliphatic heterocycles. The number of hydrogen-bond acceptors (Lipinski definition) is 8. The van der Waals surface area contributed by atoms with Gasteiger partial charge in [-0.3, -0.25) is 4.79 Å². The number of amides is 1. The molecule has 3 heterocycles. The highest BCUT2D eigenvalue weighted by atomic mass is 16.5. The van der Waals surface area contributed by atoms with E-state index in [0.29, 0.717) is 44.7 Å². The van der Waals surface area contributed by atoms with Crippen LogP contribution < -0.4 is 9.64 Å². The summed E-state index contributed by atoms with van der Waals surface area (Å²) >= 11 is 0. The van der Waals surface area contributed by atoms with Gasteiger partial charge >= 0.3 is 6.01 Å². The summed E-state index contributed by atoms with van der Waals surface area (Å²) in [5, 5.41) is 22.2. The van der Waals surface area contributed by atoms with Crippen molar-refractivity contribution in [2.24, 2.45) is 0 Å². The minimum atomic E-state index is -0.244. The number of rotatable bonds is 7. The van der Waals surface area contributed by atoms with Gasteiger partial charge in [0.1, 0.15) is 18.2 Å². The summed E-state index contributed by atoms with van der Waals surface area (Å²) in [5.74, 6) is 1.17. The molecule has 2 saturated heterocycles. The molecule has 42 heavy (non-hydrogen) atoms. The van der Waals surface area contributed by atoms with Gasteiger partial charge in [-0.15, -0.1) is 0 Å². The Morgan fingerprint density at radius 2 is 2.05 bits per heavy atom. The molecule has 0 radical (unpaired) electrons. The SMILES string of the molecule is C=CC(=O)N1CCN(c2nc(OC[C@@H]3CCCN3C)nc3c2CC[C@@H](c2cc(O)cc4ccccc24)C3)C[C@H]1CC#N. The second-order valence-corrected chi connectivity index (χ2v) is 11.7. The number of phenols is 1. The predicted molar refractivity (Wildman–Crippen MR) is 162 cm³/mol. The molecule has 0 unspecified atom stereocenters. The molecule has 218 valence electrons. The molecule has 1 aromatic heterocycles. The van der Waals surface area contributed by atoms with Gasteiger partial charge in [-0.2, -0.15) is 15.2 Å². The number of hydrogen-bond donors (Lipinski definition) is 1. The van der Waals surface area contributed by atoms with Gasteiger partial charge in [0.25, 0.3) is 0 Å². The Morgan fingerprint density at radius 3 is 2.83 bits per heavy atom. The van der Waals surface area contributed by atoms with Crippen LogP contribution >= 0.6 is 0 Å². The van der Waals surface area contributed by atoms with E-state index in [0.717, 1.165) is 65.6 Å². The number of fused-ring (bicyclic) bond motifs is 2. The third-order valence-corrected chi connectivity index (χ3v) is 9.19. The number of likely N-dealkylation sites (tertiary alicyclic amines) is 1. The molecule has 9 nitrogen and oxygen atoms in total. The van der Waals surface area contributed by atoms with Crippen molar-refractivity contribution in [2.75, 3.05) is 44.7 Å². The maximum absolute atomic E-state index is 12.5. The van der Waals surface area contributed by atoms with Crippen LogP contribution in [0.4, 0.5) is 5.82 Å². The van der Waals surface area contributed by atoms with Crippen molar-refractivity contribution in [1.29, 1.82) is 5.26 Å². The minimum absolute atomic E-state index is 0.148. The number of ether oxygens (including phenoxy) is 1. The zero-order chi connectivity index (χ0) is 29.2. The van der Waals surface area contributed by atoms with E-state index >= 15 is 0 Å². The topological polar surface area (TPSA) is 106 Å². The highest BCUT2D eigenvalue weighted by molar-refractivity contribution is 5.88. The molecule has 9 heteroatoms. The van der Waals surface area contributed by atoms with Crippen molar-refractivity contribution < 1.29 is 14.6 Å². The lowest BCUT2D eigenvalue weighted by molar-refractivity contribution is -0.128. The first kappa shape index (κ1) is 28.0. The van der Waals surface area contributed by atoms with Crippen molar-refractivity contribution in [3.8, 4) is 17.8 Å². The fraction of sp³-hybridized carbons (Fsp3) is 0.455. The van der Waals surface area contributed by atoms with E-state index in [4.69, 9.17) is 14.7 Å². The molecule has 2 aromatic carbocycles. The Kier molecular flexibility index (Phi) is 7.98. The minimum Gasteiger partial charge on any atom is -0.508 e. The quantitative estimate of drug-likeness (QED) is 0.425. The summed E-state index contributed by atoms with van der Waals surface area (Å²) < 4.78 is 6.28. The highest BCUT2D eigenvalue weighted by Crippen LogP contribution is 2.40. The van der Waals surface area contributed by atoms with E-state index < -0.39 is 0 Å². The van der Waals surface area contributed by atoms with E-state index in [1.807, 2.05) is 30.3 Å². The van der Waals surface area contributed by atoms with Gasteiger partial charge in [0.05, 0.1) is 24.2 Å². The number of carbonyl (C=O) groups is 1. The average Bonchev–Trinajstić information content (AvgIpc) is 3.42. The molecule has 1 aliphatic carbocycles. The van der Waals surface area contributed by atoms with Crippen molar-refractivity contribution in [3.05, 3.63) is 65.9 Å². The molecule has 3 aromatic rings. The number of likely N-dealkylation sites (N-methyl/N-ethyl adjacent to an activating group) is 1. The van der Waals surface area contributed by atoms with Crippen LogP contribution in [-0.2, 0) is 17.6 Å². The van der Waals surface area contributed by atoms with Crippen LogP contribution in [0.2, 0.25) is 0 Å². The van der Waals surface area contributed by atoms with E-state index in [1.165, 1.54) is 6.08 Å².